The molecule has 0 radical (unpaired) electrons. The van der Waals surface area contributed by atoms with Gasteiger partial charge in [0, 0.05) is 17.3 Å². The van der Waals surface area contributed by atoms with Crippen molar-refractivity contribution >= 4 is 23.1 Å². The van der Waals surface area contributed by atoms with Crippen LogP contribution in [0.1, 0.15) is 22.7 Å². The minimum Gasteiger partial charge on any atom is -0.508 e. The molecule has 3 aromatic rings. The Bertz CT molecular complexity index is 1200. The SMILES string of the molecule is COc1cccc(N2C(=O)C(=O)/C(=C(/O)c3ccc(C)cc3)C2c2cccc(O)c2)c1. The van der Waals surface area contributed by atoms with Gasteiger partial charge in [0.15, 0.2) is 0 Å². The van der Waals surface area contributed by atoms with Crippen LogP contribution in [0.15, 0.2) is 78.4 Å². The van der Waals surface area contributed by atoms with Gasteiger partial charge in [-0.15, -0.1) is 0 Å². The molecule has 6 heteroatoms. The predicted octanol–water partition coefficient (Wildman–Crippen LogP) is 4.34. The van der Waals surface area contributed by atoms with Crippen LogP contribution in [0.25, 0.3) is 5.76 Å². The van der Waals surface area contributed by atoms with Gasteiger partial charge in [0.05, 0.1) is 18.7 Å². The number of aliphatic hydroxyl groups is 1. The molecule has 4 rings (SSSR count). The maximum Gasteiger partial charge on any atom is 0.300 e. The summed E-state index contributed by atoms with van der Waals surface area (Å²) in [5, 5.41) is 21.1. The number of carbonyl (C=O) groups excluding carboxylic acids is 2. The highest BCUT2D eigenvalue weighted by atomic mass is 16.5. The van der Waals surface area contributed by atoms with Crippen molar-refractivity contribution in [1.29, 1.82) is 0 Å². The van der Waals surface area contributed by atoms with Crippen LogP contribution >= 0.6 is 0 Å². The number of ether oxygens (including phenoxy) is 1. The van der Waals surface area contributed by atoms with E-state index in [-0.39, 0.29) is 17.1 Å². The Morgan fingerprint density at radius 1 is 0.968 bits per heavy atom. The highest BCUT2D eigenvalue weighted by Crippen LogP contribution is 2.43. The van der Waals surface area contributed by atoms with Crippen LogP contribution in [0.2, 0.25) is 0 Å². The van der Waals surface area contributed by atoms with Gasteiger partial charge in [0.25, 0.3) is 11.7 Å². The molecule has 0 aromatic heterocycles. The number of aliphatic hydroxyl groups excluding tert-OH is 1. The highest BCUT2D eigenvalue weighted by Gasteiger charge is 2.47. The number of benzene rings is 3. The van der Waals surface area contributed by atoms with Gasteiger partial charge in [-0.1, -0.05) is 48.0 Å². The third kappa shape index (κ3) is 3.64. The third-order valence-electron chi connectivity index (χ3n) is 5.29. The molecule has 156 valence electrons. The Balaban J connectivity index is 1.95. The monoisotopic (exact) mass is 415 g/mol. The van der Waals surface area contributed by atoms with E-state index in [2.05, 4.69) is 0 Å². The first-order chi connectivity index (χ1) is 14.9. The van der Waals surface area contributed by atoms with Crippen molar-refractivity contribution in [2.75, 3.05) is 12.0 Å². The number of Topliss-reactive ketones (excluding diaryl/α,β-unsaturated/α-hetero) is 1. The first-order valence-electron chi connectivity index (χ1n) is 9.71. The molecule has 1 atom stereocenters. The Morgan fingerprint density at radius 2 is 1.68 bits per heavy atom. The summed E-state index contributed by atoms with van der Waals surface area (Å²) in [6.07, 6.45) is 0. The number of ketones is 1. The maximum absolute atomic E-state index is 13.1. The van der Waals surface area contributed by atoms with E-state index < -0.39 is 17.7 Å². The van der Waals surface area contributed by atoms with Crippen LogP contribution in [0.3, 0.4) is 0 Å². The van der Waals surface area contributed by atoms with E-state index in [0.717, 1.165) is 5.56 Å². The van der Waals surface area contributed by atoms with Crippen LogP contribution < -0.4 is 9.64 Å². The zero-order valence-corrected chi connectivity index (χ0v) is 17.1. The molecule has 3 aromatic carbocycles. The smallest absolute Gasteiger partial charge is 0.300 e. The molecule has 1 unspecified atom stereocenters. The van der Waals surface area contributed by atoms with Gasteiger partial charge >= 0.3 is 0 Å². The fraction of sp³-hybridized carbons (Fsp3) is 0.120. The summed E-state index contributed by atoms with van der Waals surface area (Å²) in [7, 11) is 1.51. The number of rotatable bonds is 4. The number of hydrogen-bond donors (Lipinski definition) is 2. The van der Waals surface area contributed by atoms with E-state index in [4.69, 9.17) is 4.74 Å². The molecular weight excluding hydrogens is 394 g/mol. The first-order valence-corrected chi connectivity index (χ1v) is 9.71. The number of nitrogens with zero attached hydrogens (tertiary/aromatic N) is 1. The Labute approximate surface area is 179 Å². The van der Waals surface area contributed by atoms with Gasteiger partial charge in [-0.2, -0.15) is 0 Å². The van der Waals surface area contributed by atoms with E-state index in [9.17, 15) is 19.8 Å². The molecule has 31 heavy (non-hydrogen) atoms. The number of phenols is 1. The summed E-state index contributed by atoms with van der Waals surface area (Å²) in [4.78, 5) is 27.5. The molecule has 1 amide bonds. The van der Waals surface area contributed by atoms with Crippen LogP contribution in [-0.2, 0) is 9.59 Å². The molecule has 1 aliphatic heterocycles. The minimum absolute atomic E-state index is 0.0101. The number of methoxy groups -OCH3 is 1. The molecule has 0 saturated carbocycles. The normalized spacial score (nSPS) is 17.7. The van der Waals surface area contributed by atoms with E-state index in [1.807, 2.05) is 19.1 Å². The Hall–Kier alpha value is -4.06. The molecule has 0 spiro atoms. The summed E-state index contributed by atoms with van der Waals surface area (Å²) < 4.78 is 5.27. The number of amides is 1. The van der Waals surface area contributed by atoms with Crippen LogP contribution in [0, 0.1) is 6.92 Å². The van der Waals surface area contributed by atoms with Crippen LogP contribution in [-0.4, -0.2) is 29.0 Å². The molecule has 1 fully saturated rings. The number of hydrogen-bond acceptors (Lipinski definition) is 5. The predicted molar refractivity (Wildman–Crippen MR) is 117 cm³/mol. The zero-order valence-electron chi connectivity index (χ0n) is 17.1. The topological polar surface area (TPSA) is 87.1 Å². The second-order valence-electron chi connectivity index (χ2n) is 7.33. The first kappa shape index (κ1) is 20.2. The summed E-state index contributed by atoms with van der Waals surface area (Å²) >= 11 is 0. The quantitative estimate of drug-likeness (QED) is 0.376. The Morgan fingerprint density at radius 3 is 2.35 bits per heavy atom. The van der Waals surface area contributed by atoms with Gasteiger partial charge in [0.1, 0.15) is 17.3 Å². The largest absolute Gasteiger partial charge is 0.508 e. The van der Waals surface area contributed by atoms with Crippen molar-refractivity contribution in [2.24, 2.45) is 0 Å². The van der Waals surface area contributed by atoms with Gasteiger partial charge in [-0.3, -0.25) is 14.5 Å². The van der Waals surface area contributed by atoms with Crippen molar-refractivity contribution in [2.45, 2.75) is 13.0 Å². The van der Waals surface area contributed by atoms with Gasteiger partial charge in [-0.05, 0) is 36.8 Å². The highest BCUT2D eigenvalue weighted by molar-refractivity contribution is 6.51. The number of carbonyl (C=O) groups is 2. The minimum atomic E-state index is -0.916. The molecule has 6 nitrogen and oxygen atoms in total. The molecular formula is C25H21NO5. The summed E-state index contributed by atoms with van der Waals surface area (Å²) in [6, 6.07) is 19.2. The molecule has 0 bridgehead atoms. The van der Waals surface area contributed by atoms with Gasteiger partial charge < -0.3 is 14.9 Å². The lowest BCUT2D eigenvalue weighted by molar-refractivity contribution is -0.132. The molecule has 1 saturated heterocycles. The second-order valence-corrected chi connectivity index (χ2v) is 7.33. The lowest BCUT2D eigenvalue weighted by Gasteiger charge is -2.25. The van der Waals surface area contributed by atoms with E-state index >= 15 is 0 Å². The molecule has 1 aliphatic rings. The summed E-state index contributed by atoms with van der Waals surface area (Å²) in [5.41, 5.74) is 2.33. The molecule has 0 aliphatic carbocycles. The van der Waals surface area contributed by atoms with Crippen molar-refractivity contribution in [1.82, 2.24) is 0 Å². The van der Waals surface area contributed by atoms with Crippen molar-refractivity contribution in [3.8, 4) is 11.5 Å². The Kier molecular flexibility index (Phi) is 5.21. The average Bonchev–Trinajstić information content (AvgIpc) is 3.04. The van der Waals surface area contributed by atoms with Crippen LogP contribution in [0.5, 0.6) is 11.5 Å². The van der Waals surface area contributed by atoms with Crippen LogP contribution in [0.4, 0.5) is 5.69 Å². The molecule has 2 N–H and O–H groups in total. The van der Waals surface area contributed by atoms with E-state index in [1.54, 1.807) is 48.5 Å². The number of aromatic hydroxyl groups is 1. The van der Waals surface area contributed by atoms with Crippen molar-refractivity contribution < 1.29 is 24.5 Å². The van der Waals surface area contributed by atoms with Crippen molar-refractivity contribution in [3.63, 3.8) is 0 Å². The number of phenolic OH excluding ortho intramolecular Hbond substituents is 1. The summed E-state index contributed by atoms with van der Waals surface area (Å²) in [5.74, 6) is -1.32. The molecule has 1 heterocycles. The van der Waals surface area contributed by atoms with Crippen molar-refractivity contribution in [3.05, 3.63) is 95.1 Å². The van der Waals surface area contributed by atoms with Gasteiger partial charge in [-0.25, -0.2) is 0 Å². The maximum atomic E-state index is 13.1. The number of anilines is 1. The van der Waals surface area contributed by atoms with E-state index in [0.29, 0.717) is 22.6 Å². The lowest BCUT2D eigenvalue weighted by atomic mass is 9.94. The average molecular weight is 415 g/mol. The number of aryl methyl sites for hydroxylation is 1. The van der Waals surface area contributed by atoms with E-state index in [1.165, 1.54) is 24.1 Å². The van der Waals surface area contributed by atoms with Gasteiger partial charge in [0.2, 0.25) is 0 Å². The lowest BCUT2D eigenvalue weighted by Crippen LogP contribution is -2.29. The zero-order chi connectivity index (χ0) is 22.1. The fourth-order valence-corrected chi connectivity index (χ4v) is 3.74. The fourth-order valence-electron chi connectivity index (χ4n) is 3.74. The second kappa shape index (κ2) is 7.99. The standard InChI is InChI=1S/C25H21NO5/c1-15-9-11-16(12-10-15)23(28)21-22(17-5-3-7-19(27)13-17)26(25(30)24(21)29)18-6-4-8-20(14-18)31-2/h3-14,22,27-28H,1-2H3/b23-21+. The third-order valence-corrected chi connectivity index (χ3v) is 5.29. The summed E-state index contributed by atoms with van der Waals surface area (Å²) in [6.45, 7) is 1.91.